The molecule has 1 rings (SSSR count). The highest BCUT2D eigenvalue weighted by atomic mass is 15.2. The predicted octanol–water partition coefficient (Wildman–Crippen LogP) is 0.690. The lowest BCUT2D eigenvalue weighted by atomic mass is 10.2. The molecular weight excluding hydrogens is 124 g/mol. The first-order chi connectivity index (χ1) is 4.84. The van der Waals surface area contributed by atoms with Crippen molar-refractivity contribution in [3.05, 3.63) is 0 Å². The van der Waals surface area contributed by atoms with Crippen molar-refractivity contribution in [1.29, 1.82) is 0 Å². The van der Waals surface area contributed by atoms with Crippen LogP contribution in [0.3, 0.4) is 0 Å². The molecule has 0 amide bonds. The van der Waals surface area contributed by atoms with Gasteiger partial charge in [-0.3, -0.25) is 4.90 Å². The van der Waals surface area contributed by atoms with Crippen LogP contribution in [0.25, 0.3) is 0 Å². The van der Waals surface area contributed by atoms with Crippen LogP contribution in [0.2, 0.25) is 0 Å². The molecule has 0 spiro atoms. The first-order valence-electron chi connectivity index (χ1n) is 4.29. The van der Waals surface area contributed by atoms with Crippen molar-refractivity contribution in [2.75, 3.05) is 26.2 Å². The van der Waals surface area contributed by atoms with Crippen molar-refractivity contribution in [2.45, 2.75) is 26.3 Å². The van der Waals surface area contributed by atoms with E-state index in [4.69, 9.17) is 0 Å². The maximum absolute atomic E-state index is 3.35. The predicted molar refractivity (Wildman–Crippen MR) is 44.2 cm³/mol. The highest BCUT2D eigenvalue weighted by Crippen LogP contribution is 2.03. The monoisotopic (exact) mass is 142 g/mol. The molecular formula is C8H18N2. The Hall–Kier alpha value is -0.0800. The zero-order valence-corrected chi connectivity index (χ0v) is 7.06. The molecule has 1 N–H and O–H groups in total. The van der Waals surface area contributed by atoms with Crippen molar-refractivity contribution in [2.24, 2.45) is 0 Å². The molecule has 60 valence electrons. The van der Waals surface area contributed by atoms with Gasteiger partial charge in [-0.25, -0.2) is 0 Å². The van der Waals surface area contributed by atoms with Gasteiger partial charge in [-0.05, 0) is 13.3 Å². The highest BCUT2D eigenvalue weighted by molar-refractivity contribution is 4.71. The number of rotatable bonds is 2. The number of nitrogens with zero attached hydrogens (tertiary/aromatic N) is 1. The lowest BCUT2D eigenvalue weighted by molar-refractivity contribution is 0.180. The molecule has 1 heterocycles. The van der Waals surface area contributed by atoms with E-state index in [9.17, 15) is 0 Å². The Morgan fingerprint density at radius 2 is 2.00 bits per heavy atom. The van der Waals surface area contributed by atoms with E-state index in [1.165, 1.54) is 32.6 Å². The van der Waals surface area contributed by atoms with E-state index in [-0.39, 0.29) is 0 Å². The molecule has 0 aromatic rings. The van der Waals surface area contributed by atoms with E-state index in [2.05, 4.69) is 24.1 Å². The zero-order chi connectivity index (χ0) is 7.40. The third-order valence-corrected chi connectivity index (χ3v) is 2.37. The summed E-state index contributed by atoms with van der Waals surface area (Å²) < 4.78 is 0. The maximum atomic E-state index is 3.35. The Morgan fingerprint density at radius 1 is 1.40 bits per heavy atom. The molecule has 0 aromatic carbocycles. The topological polar surface area (TPSA) is 15.3 Å². The van der Waals surface area contributed by atoms with Crippen LogP contribution in [0.1, 0.15) is 20.3 Å². The maximum Gasteiger partial charge on any atom is 0.0110 e. The molecule has 1 aliphatic rings. The molecule has 1 atom stereocenters. The second-order valence-corrected chi connectivity index (χ2v) is 3.04. The molecule has 0 radical (unpaired) electrons. The molecule has 1 saturated heterocycles. The molecule has 1 fully saturated rings. The smallest absolute Gasteiger partial charge is 0.0110 e. The molecule has 0 bridgehead atoms. The first kappa shape index (κ1) is 8.02. The first-order valence-corrected chi connectivity index (χ1v) is 4.29. The van der Waals surface area contributed by atoms with Crippen LogP contribution in [-0.2, 0) is 0 Å². The van der Waals surface area contributed by atoms with E-state index < -0.39 is 0 Å². The number of piperazine rings is 1. The van der Waals surface area contributed by atoms with Crippen LogP contribution in [0.5, 0.6) is 0 Å². The Labute approximate surface area is 63.6 Å². The molecule has 1 aliphatic heterocycles. The van der Waals surface area contributed by atoms with Gasteiger partial charge in [-0.15, -0.1) is 0 Å². The van der Waals surface area contributed by atoms with Gasteiger partial charge < -0.3 is 5.32 Å². The van der Waals surface area contributed by atoms with Crippen molar-refractivity contribution in [3.63, 3.8) is 0 Å². The van der Waals surface area contributed by atoms with Crippen molar-refractivity contribution in [1.82, 2.24) is 10.2 Å². The van der Waals surface area contributed by atoms with Crippen LogP contribution in [0.15, 0.2) is 0 Å². The standard InChI is InChI=1S/C8H18N2/c1-3-8(2)10-6-4-9-5-7-10/h8-9H,3-7H2,1-2H3/t8-/m0/s1. The highest BCUT2D eigenvalue weighted by Gasteiger charge is 2.13. The summed E-state index contributed by atoms with van der Waals surface area (Å²) in [4.78, 5) is 2.55. The molecule has 0 aromatic heterocycles. The van der Waals surface area contributed by atoms with E-state index in [0.29, 0.717) is 0 Å². The summed E-state index contributed by atoms with van der Waals surface area (Å²) in [6.07, 6.45) is 1.28. The molecule has 0 aliphatic carbocycles. The van der Waals surface area contributed by atoms with Gasteiger partial charge in [0.1, 0.15) is 0 Å². The van der Waals surface area contributed by atoms with Crippen LogP contribution in [-0.4, -0.2) is 37.1 Å². The minimum atomic E-state index is 0.780. The lowest BCUT2D eigenvalue weighted by Gasteiger charge is -2.32. The van der Waals surface area contributed by atoms with E-state index >= 15 is 0 Å². The number of hydrogen-bond donors (Lipinski definition) is 1. The van der Waals surface area contributed by atoms with Gasteiger partial charge in [0, 0.05) is 32.2 Å². The van der Waals surface area contributed by atoms with E-state index in [1.54, 1.807) is 0 Å². The molecule has 0 saturated carbocycles. The van der Waals surface area contributed by atoms with E-state index in [1.807, 2.05) is 0 Å². The largest absolute Gasteiger partial charge is 0.314 e. The van der Waals surface area contributed by atoms with Gasteiger partial charge in [0.15, 0.2) is 0 Å². The summed E-state index contributed by atoms with van der Waals surface area (Å²) in [5, 5.41) is 3.35. The Kier molecular flexibility index (Phi) is 3.16. The van der Waals surface area contributed by atoms with Gasteiger partial charge in [-0.1, -0.05) is 6.92 Å². The summed E-state index contributed by atoms with van der Waals surface area (Å²) in [6, 6.07) is 0.780. The summed E-state index contributed by atoms with van der Waals surface area (Å²) in [6.45, 7) is 9.37. The molecule has 2 heteroatoms. The minimum absolute atomic E-state index is 0.780. The quantitative estimate of drug-likeness (QED) is 0.610. The van der Waals surface area contributed by atoms with Crippen molar-refractivity contribution in [3.8, 4) is 0 Å². The van der Waals surface area contributed by atoms with Crippen molar-refractivity contribution >= 4 is 0 Å². The second-order valence-electron chi connectivity index (χ2n) is 3.04. The zero-order valence-electron chi connectivity index (χ0n) is 7.06. The summed E-state index contributed by atoms with van der Waals surface area (Å²) in [5.74, 6) is 0. The molecule has 0 unspecified atom stereocenters. The van der Waals surface area contributed by atoms with E-state index in [0.717, 1.165) is 6.04 Å². The van der Waals surface area contributed by atoms with Crippen LogP contribution >= 0.6 is 0 Å². The summed E-state index contributed by atoms with van der Waals surface area (Å²) >= 11 is 0. The average molecular weight is 142 g/mol. The van der Waals surface area contributed by atoms with Gasteiger partial charge in [-0.2, -0.15) is 0 Å². The Balaban J connectivity index is 2.24. The van der Waals surface area contributed by atoms with Gasteiger partial charge in [0.05, 0.1) is 0 Å². The lowest BCUT2D eigenvalue weighted by Crippen LogP contribution is -2.47. The fourth-order valence-corrected chi connectivity index (χ4v) is 1.38. The third kappa shape index (κ3) is 1.96. The average Bonchev–Trinajstić information content (AvgIpc) is 2.05. The van der Waals surface area contributed by atoms with Crippen LogP contribution in [0.4, 0.5) is 0 Å². The summed E-state index contributed by atoms with van der Waals surface area (Å²) in [5.41, 5.74) is 0. The molecule has 2 nitrogen and oxygen atoms in total. The Morgan fingerprint density at radius 3 is 2.50 bits per heavy atom. The Bertz CT molecular complexity index is 87.3. The normalized spacial score (nSPS) is 24.6. The second kappa shape index (κ2) is 3.94. The fourth-order valence-electron chi connectivity index (χ4n) is 1.38. The molecule has 10 heavy (non-hydrogen) atoms. The SMILES string of the molecule is CC[C@H](C)N1CCNCC1. The number of nitrogens with one attached hydrogen (secondary N) is 1. The third-order valence-electron chi connectivity index (χ3n) is 2.37. The van der Waals surface area contributed by atoms with Crippen LogP contribution in [0, 0.1) is 0 Å². The fraction of sp³-hybridized carbons (Fsp3) is 1.00. The number of hydrogen-bond acceptors (Lipinski definition) is 2. The summed E-state index contributed by atoms with van der Waals surface area (Å²) in [7, 11) is 0. The minimum Gasteiger partial charge on any atom is -0.314 e. The van der Waals surface area contributed by atoms with Gasteiger partial charge in [0.2, 0.25) is 0 Å². The van der Waals surface area contributed by atoms with Gasteiger partial charge in [0.25, 0.3) is 0 Å². The van der Waals surface area contributed by atoms with Gasteiger partial charge >= 0.3 is 0 Å². The van der Waals surface area contributed by atoms with Crippen molar-refractivity contribution < 1.29 is 0 Å². The van der Waals surface area contributed by atoms with Crippen LogP contribution < -0.4 is 5.32 Å².